The van der Waals surface area contributed by atoms with E-state index in [4.69, 9.17) is 26.7 Å². The second-order valence-corrected chi connectivity index (χ2v) is 29.6. The van der Waals surface area contributed by atoms with Crippen molar-refractivity contribution in [2.75, 3.05) is 0 Å². The van der Waals surface area contributed by atoms with Gasteiger partial charge < -0.3 is 18.5 Å². The summed E-state index contributed by atoms with van der Waals surface area (Å²) < 4.78 is 60.0. The minimum atomic E-state index is -5.08. The molecular formula is C98H85AgF3Ir2N4O5S3-4. The van der Waals surface area contributed by atoms with E-state index in [2.05, 4.69) is 247 Å². The summed E-state index contributed by atoms with van der Waals surface area (Å²) in [5.74, 6) is -0.0625. The van der Waals surface area contributed by atoms with Crippen LogP contribution in [0.4, 0.5) is 13.2 Å². The van der Waals surface area contributed by atoms with Crippen LogP contribution in [0.5, 0.6) is 0 Å². The van der Waals surface area contributed by atoms with E-state index >= 15 is 0 Å². The molecule has 116 heavy (non-hydrogen) atoms. The number of benzene rings is 12. The van der Waals surface area contributed by atoms with Crippen LogP contribution in [0.25, 0.3) is 108 Å². The molecule has 4 heterocycles. The van der Waals surface area contributed by atoms with Gasteiger partial charge in [0.25, 0.3) is 0 Å². The maximum absolute atomic E-state index is 10.6. The molecule has 599 valence electrons. The van der Waals surface area contributed by atoms with Gasteiger partial charge in [-0.2, -0.15) is 35.8 Å². The third kappa shape index (κ3) is 29.3. The van der Waals surface area contributed by atoms with Crippen molar-refractivity contribution in [3.8, 4) is 65.9 Å². The summed E-state index contributed by atoms with van der Waals surface area (Å²) in [6.07, 6.45) is 19.8. The van der Waals surface area contributed by atoms with E-state index in [-0.39, 0.29) is 51.8 Å². The fourth-order valence-electron chi connectivity index (χ4n) is 12.8. The van der Waals surface area contributed by atoms with E-state index < -0.39 is 16.2 Å². The number of rotatable bonds is 21. The maximum Gasteiger partial charge on any atom is 0.0780 e. The zero-order valence-electron chi connectivity index (χ0n) is 63.9. The van der Waals surface area contributed by atoms with Crippen molar-refractivity contribution in [1.82, 2.24) is 19.9 Å². The van der Waals surface area contributed by atoms with Crippen LogP contribution in [0.1, 0.15) is 87.5 Å². The van der Waals surface area contributed by atoms with Crippen LogP contribution in [0.15, 0.2) is 334 Å². The van der Waals surface area contributed by atoms with E-state index in [0.717, 1.165) is 62.0 Å². The van der Waals surface area contributed by atoms with Crippen molar-refractivity contribution in [2.45, 2.75) is 96.4 Å². The molecule has 0 aliphatic rings. The molecule has 16 aromatic rings. The molecule has 0 spiro atoms. The van der Waals surface area contributed by atoms with E-state index in [1.54, 1.807) is 43.7 Å². The first kappa shape index (κ1) is 91.6. The fourth-order valence-corrected chi connectivity index (χ4v) is 14.6. The molecule has 4 aromatic heterocycles. The number of aryl methyl sites for hydroxylation is 4. The van der Waals surface area contributed by atoms with Crippen LogP contribution in [-0.4, -0.2) is 36.3 Å². The van der Waals surface area contributed by atoms with Gasteiger partial charge in [0, 0.05) is 99.7 Å². The number of alkyl halides is 3. The van der Waals surface area contributed by atoms with Gasteiger partial charge in [-0.15, -0.1) is 107 Å². The molecule has 0 unspecified atom stereocenters. The quantitative estimate of drug-likeness (QED) is 0.0186. The first-order chi connectivity index (χ1) is 55.7. The average Bonchev–Trinajstić information content (AvgIpc) is 1.64. The molecule has 0 atom stereocenters. The molecule has 16 rings (SSSR count). The van der Waals surface area contributed by atoms with E-state index in [9.17, 15) is 18.0 Å². The van der Waals surface area contributed by atoms with Gasteiger partial charge in [-0.3, -0.25) is 19.7 Å². The number of thiazole rings is 2. The van der Waals surface area contributed by atoms with Crippen molar-refractivity contribution in [2.24, 2.45) is 0 Å². The van der Waals surface area contributed by atoms with Crippen LogP contribution >= 0.6 is 22.7 Å². The van der Waals surface area contributed by atoms with E-state index in [1.807, 2.05) is 103 Å². The predicted octanol–water partition coefficient (Wildman–Crippen LogP) is 26.9. The summed E-state index contributed by atoms with van der Waals surface area (Å²) in [6.45, 7) is 2.85. The smallest absolute Gasteiger partial charge is 0.0780 e. The number of ketones is 1. The number of aromatic nitrogens is 4. The van der Waals surface area contributed by atoms with Gasteiger partial charge in [-0.25, -0.2) is 0 Å². The van der Waals surface area contributed by atoms with E-state index in [1.165, 1.54) is 165 Å². The number of pyridine rings is 2. The van der Waals surface area contributed by atoms with E-state index in [0.29, 0.717) is 0 Å². The van der Waals surface area contributed by atoms with Gasteiger partial charge in [0.1, 0.15) is 0 Å². The first-order valence-electron chi connectivity index (χ1n) is 37.6. The Morgan fingerprint density at radius 3 is 1.18 bits per heavy atom. The summed E-state index contributed by atoms with van der Waals surface area (Å²) in [5, 5.41) is 15.3. The van der Waals surface area contributed by atoms with Gasteiger partial charge in [0.2, 0.25) is 0 Å². The number of aliphatic hydroxyl groups is 1. The molecule has 1 N–H and O–H groups in total. The van der Waals surface area contributed by atoms with Crippen LogP contribution in [0, 0.1) is 18.2 Å². The molecule has 0 saturated carbocycles. The average molecular weight is 2040 g/mol. The third-order valence-electron chi connectivity index (χ3n) is 18.2. The summed E-state index contributed by atoms with van der Waals surface area (Å²) in [5.41, 5.74) is 14.2. The Kier molecular flexibility index (Phi) is 38.8. The number of unbranched alkanes of at least 4 members (excludes halogenated alkanes) is 6. The normalized spacial score (nSPS) is 10.7. The van der Waals surface area contributed by atoms with Crippen LogP contribution in [0.3, 0.4) is 0 Å². The van der Waals surface area contributed by atoms with Crippen LogP contribution in [0.2, 0.25) is 0 Å². The zero-order chi connectivity index (χ0) is 80.1. The second kappa shape index (κ2) is 49.2. The number of fused-ring (bicyclic) bond motifs is 4. The predicted molar refractivity (Wildman–Crippen MR) is 459 cm³/mol. The Hall–Kier alpha value is -9.97. The van der Waals surface area contributed by atoms with Gasteiger partial charge in [-0.1, -0.05) is 238 Å². The first-order valence-corrected chi connectivity index (χ1v) is 40.9. The van der Waals surface area contributed by atoms with Crippen LogP contribution < -0.4 is 0 Å². The summed E-state index contributed by atoms with van der Waals surface area (Å²) in [4.78, 5) is 28.6. The Labute approximate surface area is 726 Å². The SMILES string of the molecule is CC(=O)C=C(C)O.O=[S-](=O)C(F)(F)F.[Ir].[Ir].[O]=[Ag].[c-]1ccc(-c2cccc(CCCCCCc3ccccc3)c2)cc1-c1nc2ccccc2s1.[c-]1ccc(-c2cccc(CCCCCCc3ccccc3)c2)cc1-c1nc2ccccc2s1.[c-]1ccccc1-c1nccc2ccccc12.c1ccc(-c2nccc3ccccc23)cc1. The van der Waals surface area contributed by atoms with Crippen LogP contribution in [-0.2, 0) is 114 Å². The fraction of sp³-hybridized carbons (Fsp3) is 0.153. The number of hydrogen-bond donors (Lipinski definition) is 1. The number of para-hydroxylation sites is 2. The van der Waals surface area contributed by atoms with Gasteiger partial charge in [-0.05, 0) is 157 Å². The number of carbonyl (C=O) groups excluding carboxylic acids is 1. The zero-order valence-corrected chi connectivity index (χ0v) is 72.6. The van der Waals surface area contributed by atoms with Crippen molar-refractivity contribution in [3.05, 3.63) is 374 Å². The number of hydrogen-bond acceptors (Lipinski definition) is 12. The van der Waals surface area contributed by atoms with Gasteiger partial charge in [0.15, 0.2) is 5.78 Å². The molecule has 0 aliphatic heterocycles. The monoisotopic (exact) mass is 2040 g/mol. The Morgan fingerprint density at radius 1 is 0.405 bits per heavy atom. The van der Waals surface area contributed by atoms with Crippen molar-refractivity contribution in [1.29, 1.82) is 0 Å². The molecule has 0 saturated heterocycles. The molecule has 0 aliphatic carbocycles. The molecule has 0 bridgehead atoms. The minimum Gasteiger partial charge on any atom is -0.304 e. The molecule has 12 aromatic carbocycles. The summed E-state index contributed by atoms with van der Waals surface area (Å²) >= 11 is 5.16. The molecule has 0 amide bonds. The summed E-state index contributed by atoms with van der Waals surface area (Å²) in [6, 6.07) is 118. The topological polar surface area (TPSA) is 140 Å². The van der Waals surface area contributed by atoms with Gasteiger partial charge in [0.05, 0.1) is 22.5 Å². The number of halogens is 3. The Morgan fingerprint density at radius 2 is 0.767 bits per heavy atom. The van der Waals surface area contributed by atoms with Crippen molar-refractivity contribution < 1.29 is 96.0 Å². The molecule has 18 heteroatoms. The minimum absolute atomic E-state index is 0. The summed E-state index contributed by atoms with van der Waals surface area (Å²) in [7, 11) is -3.93. The number of nitrogens with zero attached hydrogens (tertiary/aromatic N) is 4. The van der Waals surface area contributed by atoms with Gasteiger partial charge >= 0.3 is 29.8 Å². The molecule has 9 nitrogen and oxygen atoms in total. The Balaban J connectivity index is 0.000000187. The van der Waals surface area contributed by atoms with Crippen molar-refractivity contribution in [3.63, 3.8) is 0 Å². The standard InChI is InChI=1S/2C31H28NS.C15H11N.C15H10N.C5H8O2.CF3O2S.Ag.2Ir.O/c2*1(4-12-24-13-6-3-7-14-24)2-5-15-25-16-10-17-26(22-25)27-18-11-19-28(23-27)31-32-29-20-8-9-21-30(29)33-31;2*1-2-7-13(8-3-1)15-14-9-5-4-6-12(14)10-11-16-15;1-4(6)3-5(2)7;2-1(3,4)7(5)6;;;;/h2*3,6-11,13-14,16-18,20-23H,1-2,4-5,12,15H2;1-11H;1-7,9-11H;3,6H,1-2H3;;;;;/q2*-1;;-1;;-1;;;;. The number of allylic oxidation sites excluding steroid dienone is 2. The Bertz CT molecular complexity index is 5370. The molecular weight excluding hydrogens is 1960 g/mol. The number of carbonyl (C=O) groups is 1. The maximum atomic E-state index is 10.6. The molecule has 0 fully saturated rings. The second-order valence-electron chi connectivity index (χ2n) is 26.6. The van der Waals surface area contributed by atoms with Crippen molar-refractivity contribution >= 4 is 81.1 Å². The molecule has 2 radical (unpaired) electrons. The largest absolute Gasteiger partial charge is 0.304 e. The third-order valence-corrected chi connectivity index (χ3v) is 20.7. The number of aliphatic hydroxyl groups excluding tert-OH is 1.